The summed E-state index contributed by atoms with van der Waals surface area (Å²) in [4.78, 5) is 9.42. The van der Waals surface area contributed by atoms with E-state index in [1.54, 1.807) is 0 Å². The Balaban J connectivity index is 1.46. The van der Waals surface area contributed by atoms with E-state index in [4.69, 9.17) is 9.47 Å². The number of hydrogen-bond acceptors (Lipinski definition) is 4. The van der Waals surface area contributed by atoms with Crippen molar-refractivity contribution >= 4 is 5.96 Å². The van der Waals surface area contributed by atoms with Crippen molar-refractivity contribution in [2.45, 2.75) is 63.8 Å². The fourth-order valence-electron chi connectivity index (χ4n) is 3.89. The highest BCUT2D eigenvalue weighted by atomic mass is 16.5. The van der Waals surface area contributed by atoms with Gasteiger partial charge in [0.25, 0.3) is 0 Å². The molecule has 0 aromatic carbocycles. The number of nitrogens with one attached hydrogen (secondary N) is 1. The Kier molecular flexibility index (Phi) is 6.36. The average Bonchev–Trinajstić information content (AvgIpc) is 3.27. The van der Waals surface area contributed by atoms with Crippen molar-refractivity contribution in [2.75, 3.05) is 46.4 Å². The van der Waals surface area contributed by atoms with Crippen LogP contribution in [-0.4, -0.2) is 86.5 Å². The molecule has 2 atom stereocenters. The third-order valence-corrected chi connectivity index (χ3v) is 5.32. The lowest BCUT2D eigenvalue weighted by molar-refractivity contribution is -0.0817. The predicted molar refractivity (Wildman–Crippen MR) is 96.5 cm³/mol. The van der Waals surface area contributed by atoms with E-state index in [1.807, 2.05) is 7.05 Å². The number of morpholine rings is 1. The van der Waals surface area contributed by atoms with Crippen LogP contribution in [0.4, 0.5) is 0 Å². The van der Waals surface area contributed by atoms with Crippen LogP contribution in [0.2, 0.25) is 0 Å². The van der Waals surface area contributed by atoms with Crippen LogP contribution in [0.1, 0.15) is 39.5 Å². The second kappa shape index (κ2) is 8.50. The molecule has 3 aliphatic rings. The van der Waals surface area contributed by atoms with Crippen molar-refractivity contribution in [3.05, 3.63) is 0 Å². The van der Waals surface area contributed by atoms with Crippen LogP contribution >= 0.6 is 0 Å². The minimum absolute atomic E-state index is 0.179. The summed E-state index contributed by atoms with van der Waals surface area (Å²) in [5.74, 6) is 1.00. The van der Waals surface area contributed by atoms with Gasteiger partial charge < -0.3 is 19.7 Å². The van der Waals surface area contributed by atoms with E-state index in [1.165, 1.54) is 12.8 Å². The van der Waals surface area contributed by atoms with E-state index in [0.717, 1.165) is 64.2 Å². The van der Waals surface area contributed by atoms with E-state index in [9.17, 15) is 0 Å². The first-order valence-corrected chi connectivity index (χ1v) is 9.63. The molecule has 2 aliphatic heterocycles. The molecule has 24 heavy (non-hydrogen) atoms. The van der Waals surface area contributed by atoms with Gasteiger partial charge in [0.1, 0.15) is 6.10 Å². The average molecular weight is 338 g/mol. The van der Waals surface area contributed by atoms with Gasteiger partial charge in [-0.25, -0.2) is 0 Å². The molecule has 1 N–H and O–H groups in total. The van der Waals surface area contributed by atoms with Gasteiger partial charge in [-0.1, -0.05) is 0 Å². The number of ether oxygens (including phenoxy) is 2. The number of guanidine groups is 1. The van der Waals surface area contributed by atoms with E-state index in [2.05, 4.69) is 34.0 Å². The lowest BCUT2D eigenvalue weighted by Gasteiger charge is -2.37. The third-order valence-electron chi connectivity index (χ3n) is 5.32. The molecule has 2 saturated heterocycles. The van der Waals surface area contributed by atoms with Crippen molar-refractivity contribution in [3.63, 3.8) is 0 Å². The number of aliphatic imine (C=N–C) groups is 1. The molecule has 6 nitrogen and oxygen atoms in total. The molecule has 3 fully saturated rings. The molecule has 0 bridgehead atoms. The minimum atomic E-state index is 0.179. The lowest BCUT2D eigenvalue weighted by atomic mass is 10.1. The zero-order valence-corrected chi connectivity index (χ0v) is 15.5. The van der Waals surface area contributed by atoms with Gasteiger partial charge in [0, 0.05) is 51.9 Å². The predicted octanol–water partition coefficient (Wildman–Crippen LogP) is 1.31. The summed E-state index contributed by atoms with van der Waals surface area (Å²) in [6.45, 7) is 10.0. The molecule has 0 aromatic heterocycles. The van der Waals surface area contributed by atoms with Gasteiger partial charge in [-0.15, -0.1) is 0 Å². The molecular weight excluding hydrogens is 304 g/mol. The van der Waals surface area contributed by atoms with Gasteiger partial charge in [0.15, 0.2) is 5.96 Å². The summed E-state index contributed by atoms with van der Waals surface area (Å²) in [7, 11) is 1.87. The highest BCUT2D eigenvalue weighted by Gasteiger charge is 2.33. The Bertz CT molecular complexity index is 417. The largest absolute Gasteiger partial charge is 0.375 e. The molecule has 1 aliphatic carbocycles. The number of rotatable bonds is 6. The molecule has 2 unspecified atom stereocenters. The maximum absolute atomic E-state index is 5.94. The summed E-state index contributed by atoms with van der Waals surface area (Å²) in [5.41, 5.74) is 0. The zero-order chi connectivity index (χ0) is 16.9. The van der Waals surface area contributed by atoms with Gasteiger partial charge in [-0.2, -0.15) is 0 Å². The Labute approximate surface area is 146 Å². The minimum Gasteiger partial charge on any atom is -0.375 e. The first-order chi connectivity index (χ1) is 11.7. The quantitative estimate of drug-likeness (QED) is 0.585. The molecule has 0 spiro atoms. The van der Waals surface area contributed by atoms with Crippen molar-refractivity contribution < 1.29 is 9.47 Å². The fourth-order valence-corrected chi connectivity index (χ4v) is 3.89. The standard InChI is InChI=1S/C18H34N4O2/c1-14(2)22(15-6-7-15)9-8-20-18(19-3)21-10-12-24-17(13-21)16-5-4-11-23-16/h14-17H,4-13H2,1-3H3,(H,19,20). The molecule has 0 aromatic rings. The Hall–Kier alpha value is -0.850. The van der Waals surface area contributed by atoms with Crippen LogP contribution in [0.5, 0.6) is 0 Å². The topological polar surface area (TPSA) is 49.3 Å². The molecular formula is C18H34N4O2. The summed E-state index contributed by atoms with van der Waals surface area (Å²) < 4.78 is 11.8. The van der Waals surface area contributed by atoms with Crippen LogP contribution in [-0.2, 0) is 9.47 Å². The van der Waals surface area contributed by atoms with Crippen molar-refractivity contribution in [1.29, 1.82) is 0 Å². The molecule has 1 saturated carbocycles. The Morgan fingerprint density at radius 1 is 1.21 bits per heavy atom. The van der Waals surface area contributed by atoms with Crippen LogP contribution in [0.25, 0.3) is 0 Å². The summed E-state index contributed by atoms with van der Waals surface area (Å²) >= 11 is 0. The van der Waals surface area contributed by atoms with Crippen molar-refractivity contribution in [1.82, 2.24) is 15.1 Å². The van der Waals surface area contributed by atoms with Gasteiger partial charge >= 0.3 is 0 Å². The SMILES string of the molecule is CN=C(NCCN(C(C)C)C1CC1)N1CCOC(C2CCCO2)C1. The van der Waals surface area contributed by atoms with Crippen molar-refractivity contribution in [2.24, 2.45) is 4.99 Å². The first-order valence-electron chi connectivity index (χ1n) is 9.63. The Morgan fingerprint density at radius 2 is 2.00 bits per heavy atom. The smallest absolute Gasteiger partial charge is 0.193 e. The zero-order valence-electron chi connectivity index (χ0n) is 15.5. The van der Waals surface area contributed by atoms with Crippen molar-refractivity contribution in [3.8, 4) is 0 Å². The first kappa shape index (κ1) is 18.0. The maximum Gasteiger partial charge on any atom is 0.193 e. The second-order valence-corrected chi connectivity index (χ2v) is 7.44. The molecule has 0 radical (unpaired) electrons. The summed E-state index contributed by atoms with van der Waals surface area (Å²) in [6.07, 6.45) is 5.44. The highest BCUT2D eigenvalue weighted by molar-refractivity contribution is 5.80. The van der Waals surface area contributed by atoms with Gasteiger partial charge in [-0.3, -0.25) is 9.89 Å². The van der Waals surface area contributed by atoms with E-state index in [0.29, 0.717) is 6.04 Å². The van der Waals surface area contributed by atoms with Crippen LogP contribution in [0, 0.1) is 0 Å². The van der Waals surface area contributed by atoms with Gasteiger partial charge in [-0.05, 0) is 39.5 Å². The Morgan fingerprint density at radius 3 is 2.62 bits per heavy atom. The molecule has 138 valence electrons. The third kappa shape index (κ3) is 4.61. The number of nitrogens with zero attached hydrogens (tertiary/aromatic N) is 3. The normalized spacial score (nSPS) is 28.9. The molecule has 0 amide bonds. The summed E-state index contributed by atoms with van der Waals surface area (Å²) in [5, 5.41) is 3.56. The lowest BCUT2D eigenvalue weighted by Crippen LogP contribution is -2.54. The van der Waals surface area contributed by atoms with Crippen LogP contribution < -0.4 is 5.32 Å². The highest BCUT2D eigenvalue weighted by Crippen LogP contribution is 2.28. The van der Waals surface area contributed by atoms with Gasteiger partial charge in [0.05, 0.1) is 12.7 Å². The number of hydrogen-bond donors (Lipinski definition) is 1. The molecule has 6 heteroatoms. The fraction of sp³-hybridized carbons (Fsp3) is 0.944. The monoisotopic (exact) mass is 338 g/mol. The second-order valence-electron chi connectivity index (χ2n) is 7.44. The van der Waals surface area contributed by atoms with Gasteiger partial charge in [0.2, 0.25) is 0 Å². The van der Waals surface area contributed by atoms with Crippen LogP contribution in [0.3, 0.4) is 0 Å². The van der Waals surface area contributed by atoms with E-state index >= 15 is 0 Å². The maximum atomic E-state index is 5.94. The summed E-state index contributed by atoms with van der Waals surface area (Å²) in [6, 6.07) is 1.43. The van der Waals surface area contributed by atoms with Crippen LogP contribution in [0.15, 0.2) is 4.99 Å². The van der Waals surface area contributed by atoms with E-state index in [-0.39, 0.29) is 12.2 Å². The van der Waals surface area contributed by atoms with E-state index < -0.39 is 0 Å². The molecule has 3 rings (SSSR count). The molecule has 2 heterocycles.